The Morgan fingerprint density at radius 3 is 2.36 bits per heavy atom. The van der Waals surface area contributed by atoms with Crippen molar-refractivity contribution in [1.82, 2.24) is 0 Å². The van der Waals surface area contributed by atoms with Crippen LogP contribution in [0, 0.1) is 27.7 Å². The summed E-state index contributed by atoms with van der Waals surface area (Å²) in [7, 11) is -3.59. The van der Waals surface area contributed by atoms with Crippen molar-refractivity contribution in [3.8, 4) is 0 Å². The first-order valence-corrected chi connectivity index (χ1v) is 10.6. The van der Waals surface area contributed by atoms with Crippen LogP contribution in [0.4, 0.5) is 5.69 Å². The van der Waals surface area contributed by atoms with Crippen LogP contribution in [0.25, 0.3) is 0 Å². The van der Waals surface area contributed by atoms with Gasteiger partial charge >= 0.3 is 5.97 Å². The number of hydrogen-bond acceptors (Lipinski definition) is 5. The smallest absolute Gasteiger partial charge is 0.307 e. The molecule has 0 bridgehead atoms. The molecule has 0 heterocycles. The SMILES string of the molecule is Cc1ccc(S(=O)(=O)CCC(=O)OCC(=O)Nc2cccc(C)c2C)cc1C. The maximum atomic E-state index is 12.4. The van der Waals surface area contributed by atoms with Gasteiger partial charge in [0.2, 0.25) is 0 Å². The fourth-order valence-electron chi connectivity index (χ4n) is 2.53. The summed E-state index contributed by atoms with van der Waals surface area (Å²) in [5.74, 6) is -1.57. The van der Waals surface area contributed by atoms with Crippen molar-refractivity contribution in [3.05, 3.63) is 58.7 Å². The van der Waals surface area contributed by atoms with Gasteiger partial charge in [-0.25, -0.2) is 8.42 Å². The molecule has 0 fully saturated rings. The molecule has 0 saturated carbocycles. The highest BCUT2D eigenvalue weighted by Crippen LogP contribution is 2.18. The fourth-order valence-corrected chi connectivity index (χ4v) is 3.84. The van der Waals surface area contributed by atoms with Crippen molar-refractivity contribution in [2.45, 2.75) is 39.0 Å². The molecule has 0 atom stereocenters. The van der Waals surface area contributed by atoms with Crippen molar-refractivity contribution < 1.29 is 22.7 Å². The Hall–Kier alpha value is -2.67. The number of amides is 1. The zero-order valence-corrected chi connectivity index (χ0v) is 17.4. The lowest BCUT2D eigenvalue weighted by Gasteiger charge is -2.11. The summed E-state index contributed by atoms with van der Waals surface area (Å²) >= 11 is 0. The topological polar surface area (TPSA) is 89.5 Å². The largest absolute Gasteiger partial charge is 0.456 e. The lowest BCUT2D eigenvalue weighted by Crippen LogP contribution is -2.22. The molecule has 2 aromatic carbocycles. The number of carbonyl (C=O) groups excluding carboxylic acids is 2. The van der Waals surface area contributed by atoms with Gasteiger partial charge in [0.05, 0.1) is 17.1 Å². The first-order chi connectivity index (χ1) is 13.1. The van der Waals surface area contributed by atoms with Gasteiger partial charge in [-0.3, -0.25) is 9.59 Å². The molecule has 2 rings (SSSR count). The van der Waals surface area contributed by atoms with Gasteiger partial charge in [0.25, 0.3) is 5.91 Å². The Kier molecular flexibility index (Phi) is 6.96. The van der Waals surface area contributed by atoms with E-state index in [4.69, 9.17) is 4.74 Å². The molecule has 1 N–H and O–H groups in total. The molecule has 0 aromatic heterocycles. The number of carbonyl (C=O) groups is 2. The molecule has 7 heteroatoms. The minimum Gasteiger partial charge on any atom is -0.456 e. The third-order valence-electron chi connectivity index (χ3n) is 4.66. The van der Waals surface area contributed by atoms with Gasteiger partial charge in [0.1, 0.15) is 0 Å². The van der Waals surface area contributed by atoms with Gasteiger partial charge in [0, 0.05) is 5.69 Å². The Bertz CT molecular complexity index is 996. The van der Waals surface area contributed by atoms with Crippen molar-refractivity contribution in [3.63, 3.8) is 0 Å². The fraction of sp³-hybridized carbons (Fsp3) is 0.333. The molecular formula is C21H25NO5S. The number of hydrogen-bond donors (Lipinski definition) is 1. The summed E-state index contributed by atoms with van der Waals surface area (Å²) in [5.41, 5.74) is 4.48. The van der Waals surface area contributed by atoms with E-state index < -0.39 is 28.3 Å². The number of rotatable bonds is 7. The number of nitrogens with one attached hydrogen (secondary N) is 1. The molecule has 0 aliphatic heterocycles. The van der Waals surface area contributed by atoms with Gasteiger partial charge in [0.15, 0.2) is 16.4 Å². The number of anilines is 1. The zero-order valence-electron chi connectivity index (χ0n) is 16.5. The van der Waals surface area contributed by atoms with Crippen LogP contribution in [0.15, 0.2) is 41.3 Å². The highest BCUT2D eigenvalue weighted by atomic mass is 32.2. The second-order valence-corrected chi connectivity index (χ2v) is 8.88. The molecule has 1 amide bonds. The Balaban J connectivity index is 1.85. The average molecular weight is 404 g/mol. The predicted octanol–water partition coefficient (Wildman–Crippen LogP) is 3.27. The van der Waals surface area contributed by atoms with E-state index in [1.165, 1.54) is 6.07 Å². The van der Waals surface area contributed by atoms with E-state index in [9.17, 15) is 18.0 Å². The zero-order chi connectivity index (χ0) is 20.9. The number of ether oxygens (including phenoxy) is 1. The van der Waals surface area contributed by atoms with E-state index in [0.29, 0.717) is 5.69 Å². The summed E-state index contributed by atoms with van der Waals surface area (Å²) in [4.78, 5) is 24.0. The highest BCUT2D eigenvalue weighted by Gasteiger charge is 2.18. The summed E-state index contributed by atoms with van der Waals surface area (Å²) in [6.45, 7) is 7.08. The van der Waals surface area contributed by atoms with Crippen molar-refractivity contribution in [2.24, 2.45) is 0 Å². The number of benzene rings is 2. The molecule has 0 spiro atoms. The third-order valence-corrected chi connectivity index (χ3v) is 6.37. The molecule has 0 aliphatic rings. The van der Waals surface area contributed by atoms with Gasteiger partial charge < -0.3 is 10.1 Å². The summed E-state index contributed by atoms with van der Waals surface area (Å²) in [6, 6.07) is 10.4. The lowest BCUT2D eigenvalue weighted by molar-refractivity contribution is -0.146. The molecule has 2 aromatic rings. The highest BCUT2D eigenvalue weighted by molar-refractivity contribution is 7.91. The van der Waals surface area contributed by atoms with Crippen molar-refractivity contribution in [1.29, 1.82) is 0 Å². The minimum absolute atomic E-state index is 0.177. The van der Waals surface area contributed by atoms with Crippen molar-refractivity contribution in [2.75, 3.05) is 17.7 Å². The van der Waals surface area contributed by atoms with Crippen LogP contribution in [0.3, 0.4) is 0 Å². The van der Waals surface area contributed by atoms with Crippen LogP contribution in [-0.4, -0.2) is 32.7 Å². The number of esters is 1. The lowest BCUT2D eigenvalue weighted by atomic mass is 10.1. The second kappa shape index (κ2) is 9.01. The molecule has 6 nitrogen and oxygen atoms in total. The third kappa shape index (κ3) is 5.66. The van der Waals surface area contributed by atoms with E-state index in [0.717, 1.165) is 22.3 Å². The summed E-state index contributed by atoms with van der Waals surface area (Å²) in [5, 5.41) is 2.68. The maximum Gasteiger partial charge on any atom is 0.307 e. The molecule has 28 heavy (non-hydrogen) atoms. The molecule has 0 aliphatic carbocycles. The monoisotopic (exact) mass is 403 g/mol. The Morgan fingerprint density at radius 1 is 0.964 bits per heavy atom. The Labute approximate surface area is 165 Å². The predicted molar refractivity (Wildman–Crippen MR) is 108 cm³/mol. The average Bonchev–Trinajstić information content (AvgIpc) is 2.64. The van der Waals surface area contributed by atoms with Crippen LogP contribution in [0.1, 0.15) is 28.7 Å². The standard InChI is InChI=1S/C21H25NO5S/c1-14-8-9-18(12-16(14)3)28(25,26)11-10-21(24)27-13-20(23)22-19-7-5-6-15(2)17(19)4/h5-9,12H,10-11,13H2,1-4H3,(H,22,23). The van der Waals surface area contributed by atoms with Crippen LogP contribution in [-0.2, 0) is 24.2 Å². The first kappa shape index (κ1) is 21.6. The minimum atomic E-state index is -3.59. The van der Waals surface area contributed by atoms with Gasteiger partial charge in [-0.2, -0.15) is 0 Å². The van der Waals surface area contributed by atoms with Crippen LogP contribution >= 0.6 is 0 Å². The maximum absolute atomic E-state index is 12.4. The normalized spacial score (nSPS) is 11.1. The summed E-state index contributed by atoms with van der Waals surface area (Å²) in [6.07, 6.45) is -0.313. The number of sulfone groups is 1. The van der Waals surface area contributed by atoms with E-state index in [-0.39, 0.29) is 17.1 Å². The van der Waals surface area contributed by atoms with E-state index >= 15 is 0 Å². The van der Waals surface area contributed by atoms with Gasteiger partial charge in [-0.1, -0.05) is 18.2 Å². The molecule has 0 saturated heterocycles. The Morgan fingerprint density at radius 2 is 1.68 bits per heavy atom. The molecular weight excluding hydrogens is 378 g/mol. The second-order valence-electron chi connectivity index (χ2n) is 6.77. The summed E-state index contributed by atoms with van der Waals surface area (Å²) < 4.78 is 29.6. The van der Waals surface area contributed by atoms with E-state index in [1.807, 2.05) is 39.8 Å². The number of aryl methyl sites for hydroxylation is 3. The molecule has 0 radical (unpaired) electrons. The van der Waals surface area contributed by atoms with Crippen molar-refractivity contribution >= 4 is 27.4 Å². The van der Waals surface area contributed by atoms with E-state index in [2.05, 4.69) is 5.32 Å². The molecule has 0 unspecified atom stereocenters. The van der Waals surface area contributed by atoms with Crippen LogP contribution in [0.5, 0.6) is 0 Å². The molecule has 150 valence electrons. The van der Waals surface area contributed by atoms with Crippen LogP contribution < -0.4 is 5.32 Å². The quantitative estimate of drug-likeness (QED) is 0.717. The first-order valence-electron chi connectivity index (χ1n) is 8.92. The van der Waals surface area contributed by atoms with Gasteiger partial charge in [-0.05, 0) is 68.1 Å². The van der Waals surface area contributed by atoms with Crippen LogP contribution in [0.2, 0.25) is 0 Å². The van der Waals surface area contributed by atoms with Gasteiger partial charge in [-0.15, -0.1) is 0 Å². The van der Waals surface area contributed by atoms with E-state index in [1.54, 1.807) is 18.2 Å².